The van der Waals surface area contributed by atoms with Gasteiger partial charge in [-0.1, -0.05) is 30.3 Å². The highest BCUT2D eigenvalue weighted by Gasteiger charge is 2.43. The lowest BCUT2D eigenvalue weighted by Gasteiger charge is -2.36. The molecule has 0 bridgehead atoms. The largest absolute Gasteiger partial charge is 0.480 e. The Morgan fingerprint density at radius 3 is 2.48 bits per heavy atom. The van der Waals surface area contributed by atoms with E-state index in [1.807, 2.05) is 30.3 Å². The first-order valence-electron chi connectivity index (χ1n) is 8.46. The summed E-state index contributed by atoms with van der Waals surface area (Å²) in [4.78, 5) is 24.5. The predicted octanol–water partition coefficient (Wildman–Crippen LogP) is 2.34. The number of benzene rings is 1. The van der Waals surface area contributed by atoms with Gasteiger partial charge in [0.2, 0.25) is 0 Å². The molecule has 0 aliphatic heterocycles. The number of aromatic nitrogens is 3. The van der Waals surface area contributed by atoms with Gasteiger partial charge in [0.25, 0.3) is 5.91 Å². The first kappa shape index (κ1) is 17.1. The predicted molar refractivity (Wildman–Crippen MR) is 91.6 cm³/mol. The number of carboxylic acids is 1. The quantitative estimate of drug-likeness (QED) is 0.889. The van der Waals surface area contributed by atoms with Gasteiger partial charge in [0.1, 0.15) is 5.54 Å². The van der Waals surface area contributed by atoms with Crippen LogP contribution in [0.3, 0.4) is 0 Å². The summed E-state index contributed by atoms with van der Waals surface area (Å²) in [7, 11) is 0. The number of amides is 1. The van der Waals surface area contributed by atoms with Crippen molar-refractivity contribution in [2.24, 2.45) is 5.92 Å². The minimum Gasteiger partial charge on any atom is -0.480 e. The number of hydrogen-bond donors (Lipinski definition) is 2. The van der Waals surface area contributed by atoms with Crippen molar-refractivity contribution in [3.05, 3.63) is 41.7 Å². The number of aliphatic carboxylic acids is 1. The molecule has 1 fully saturated rings. The van der Waals surface area contributed by atoms with Crippen molar-refractivity contribution in [3.63, 3.8) is 0 Å². The first-order valence-corrected chi connectivity index (χ1v) is 8.46. The normalized spacial score (nSPS) is 23.2. The topological polar surface area (TPSA) is 97.1 Å². The summed E-state index contributed by atoms with van der Waals surface area (Å²) >= 11 is 0. The molecule has 0 radical (unpaired) electrons. The summed E-state index contributed by atoms with van der Waals surface area (Å²) in [5.74, 6) is -0.998. The van der Waals surface area contributed by atoms with Crippen molar-refractivity contribution in [2.75, 3.05) is 0 Å². The molecule has 132 valence electrons. The number of para-hydroxylation sites is 1. The summed E-state index contributed by atoms with van der Waals surface area (Å²) in [5.41, 5.74) is 0.314. The Balaban J connectivity index is 1.84. The summed E-state index contributed by atoms with van der Waals surface area (Å²) < 4.78 is 1.57. The van der Waals surface area contributed by atoms with Gasteiger partial charge in [-0.15, -0.1) is 5.10 Å². The lowest BCUT2D eigenvalue weighted by molar-refractivity contribution is -0.146. The van der Waals surface area contributed by atoms with Gasteiger partial charge in [0.05, 0.1) is 11.4 Å². The molecule has 2 aromatic rings. The van der Waals surface area contributed by atoms with Gasteiger partial charge in [0.15, 0.2) is 5.69 Å². The Labute approximate surface area is 146 Å². The van der Waals surface area contributed by atoms with Gasteiger partial charge < -0.3 is 10.4 Å². The molecule has 1 amide bonds. The van der Waals surface area contributed by atoms with Crippen molar-refractivity contribution in [1.29, 1.82) is 0 Å². The zero-order valence-corrected chi connectivity index (χ0v) is 14.4. The number of rotatable bonds is 4. The van der Waals surface area contributed by atoms with Crippen LogP contribution in [0.2, 0.25) is 0 Å². The van der Waals surface area contributed by atoms with Crippen molar-refractivity contribution in [2.45, 2.75) is 45.1 Å². The molecule has 1 aromatic carbocycles. The molecule has 1 aliphatic carbocycles. The highest BCUT2D eigenvalue weighted by Crippen LogP contribution is 2.32. The minimum atomic E-state index is -1.22. The Morgan fingerprint density at radius 2 is 1.88 bits per heavy atom. The van der Waals surface area contributed by atoms with E-state index in [9.17, 15) is 14.7 Å². The molecular formula is C18H22N4O3. The maximum absolute atomic E-state index is 12.7. The maximum atomic E-state index is 12.7. The number of nitrogens with zero attached hydrogens (tertiary/aromatic N) is 3. The Morgan fingerprint density at radius 1 is 1.24 bits per heavy atom. The zero-order chi connectivity index (χ0) is 18.0. The van der Waals surface area contributed by atoms with Gasteiger partial charge in [0, 0.05) is 0 Å². The molecule has 0 saturated heterocycles. The van der Waals surface area contributed by atoms with Crippen molar-refractivity contribution in [1.82, 2.24) is 20.3 Å². The van der Waals surface area contributed by atoms with Crippen LogP contribution in [0.1, 0.15) is 48.8 Å². The van der Waals surface area contributed by atoms with Crippen LogP contribution in [-0.2, 0) is 4.79 Å². The Kier molecular flexibility index (Phi) is 4.57. The molecule has 1 heterocycles. The highest BCUT2D eigenvalue weighted by molar-refractivity contribution is 5.97. The third kappa shape index (κ3) is 3.26. The number of nitrogens with one attached hydrogen (secondary N) is 1. The number of carbonyl (C=O) groups excluding carboxylic acids is 1. The second kappa shape index (κ2) is 6.66. The van der Waals surface area contributed by atoms with E-state index in [-0.39, 0.29) is 5.69 Å². The van der Waals surface area contributed by atoms with Crippen LogP contribution in [0.25, 0.3) is 5.69 Å². The fourth-order valence-corrected chi connectivity index (χ4v) is 3.28. The second-order valence-electron chi connectivity index (χ2n) is 6.79. The lowest BCUT2D eigenvalue weighted by Crippen LogP contribution is -2.56. The average molecular weight is 342 g/mol. The molecule has 0 spiro atoms. The average Bonchev–Trinajstić information content (AvgIpc) is 2.99. The fraction of sp³-hybridized carbons (Fsp3) is 0.444. The Bertz CT molecular complexity index is 777. The monoisotopic (exact) mass is 342 g/mol. The van der Waals surface area contributed by atoms with Gasteiger partial charge in [-0.3, -0.25) is 4.79 Å². The second-order valence-corrected chi connectivity index (χ2v) is 6.79. The molecule has 1 aromatic heterocycles. The summed E-state index contributed by atoms with van der Waals surface area (Å²) in [6, 6.07) is 9.37. The molecular weight excluding hydrogens is 320 g/mol. The third-order valence-corrected chi connectivity index (χ3v) is 5.00. The van der Waals surface area contributed by atoms with Crippen LogP contribution < -0.4 is 5.32 Å². The third-order valence-electron chi connectivity index (χ3n) is 5.00. The molecule has 2 N–H and O–H groups in total. The van der Waals surface area contributed by atoms with Crippen LogP contribution >= 0.6 is 0 Å². The summed E-state index contributed by atoms with van der Waals surface area (Å²) in [6.07, 6.45) is 2.42. The Hall–Kier alpha value is -2.70. The maximum Gasteiger partial charge on any atom is 0.329 e. The van der Waals surface area contributed by atoms with E-state index in [0.29, 0.717) is 24.5 Å². The molecule has 1 aliphatic rings. The van der Waals surface area contributed by atoms with E-state index in [2.05, 4.69) is 22.6 Å². The van der Waals surface area contributed by atoms with E-state index >= 15 is 0 Å². The van der Waals surface area contributed by atoms with Crippen LogP contribution in [0.15, 0.2) is 30.3 Å². The summed E-state index contributed by atoms with van der Waals surface area (Å²) in [6.45, 7) is 3.85. The van der Waals surface area contributed by atoms with Crippen molar-refractivity contribution in [3.8, 4) is 5.69 Å². The van der Waals surface area contributed by atoms with Crippen LogP contribution in [0.5, 0.6) is 0 Å². The van der Waals surface area contributed by atoms with E-state index in [4.69, 9.17) is 0 Å². The first-order chi connectivity index (χ1) is 11.9. The van der Waals surface area contributed by atoms with Gasteiger partial charge in [-0.05, 0) is 50.7 Å². The molecule has 3 rings (SSSR count). The van der Waals surface area contributed by atoms with Crippen LogP contribution in [0, 0.1) is 12.8 Å². The van der Waals surface area contributed by atoms with E-state index < -0.39 is 17.4 Å². The van der Waals surface area contributed by atoms with Crippen molar-refractivity contribution < 1.29 is 14.7 Å². The van der Waals surface area contributed by atoms with Gasteiger partial charge in [-0.2, -0.15) is 0 Å². The van der Waals surface area contributed by atoms with Crippen LogP contribution in [0.4, 0.5) is 0 Å². The van der Waals surface area contributed by atoms with Gasteiger partial charge in [-0.25, -0.2) is 9.48 Å². The van der Waals surface area contributed by atoms with E-state index in [1.54, 1.807) is 11.6 Å². The number of hydrogen-bond acceptors (Lipinski definition) is 4. The molecule has 25 heavy (non-hydrogen) atoms. The zero-order valence-electron chi connectivity index (χ0n) is 14.4. The molecule has 0 unspecified atom stereocenters. The SMILES string of the molecule is Cc1c(C(=O)NC2(C(=O)O)CCC(C)CC2)nnn1-c1ccccc1. The smallest absolute Gasteiger partial charge is 0.329 e. The van der Waals surface area contributed by atoms with E-state index in [1.165, 1.54) is 0 Å². The minimum absolute atomic E-state index is 0.156. The molecule has 7 heteroatoms. The van der Waals surface area contributed by atoms with Crippen molar-refractivity contribution >= 4 is 11.9 Å². The number of carbonyl (C=O) groups is 2. The van der Waals surface area contributed by atoms with Crippen LogP contribution in [-0.4, -0.2) is 37.5 Å². The van der Waals surface area contributed by atoms with Gasteiger partial charge >= 0.3 is 5.97 Å². The fourth-order valence-electron chi connectivity index (χ4n) is 3.28. The highest BCUT2D eigenvalue weighted by atomic mass is 16.4. The molecule has 7 nitrogen and oxygen atoms in total. The summed E-state index contributed by atoms with van der Waals surface area (Å²) in [5, 5.41) is 20.4. The standard InChI is InChI=1S/C18H22N4O3/c1-12-8-10-18(11-9-12,17(24)25)19-16(23)15-13(2)22(21-20-15)14-6-4-3-5-7-14/h3-7,12H,8-11H2,1-2H3,(H,19,23)(H,24,25). The van der Waals surface area contributed by atoms with E-state index in [0.717, 1.165) is 18.5 Å². The lowest BCUT2D eigenvalue weighted by atomic mass is 9.77. The number of carboxylic acid groups (broad SMARTS) is 1. The molecule has 0 atom stereocenters. The molecule has 1 saturated carbocycles.